The summed E-state index contributed by atoms with van der Waals surface area (Å²) in [4.78, 5) is 21.5. The molecular formula is C22H26N6O. The number of amides is 1. The lowest BCUT2D eigenvalue weighted by molar-refractivity contribution is -0.117. The first kappa shape index (κ1) is 19.0. The number of hydrogen-bond acceptors (Lipinski definition) is 5. The average Bonchev–Trinajstić information content (AvgIpc) is 3.23. The van der Waals surface area contributed by atoms with E-state index >= 15 is 0 Å². The number of rotatable bonds is 5. The van der Waals surface area contributed by atoms with E-state index in [-0.39, 0.29) is 23.9 Å². The molecule has 2 atom stereocenters. The molecule has 1 aliphatic heterocycles. The van der Waals surface area contributed by atoms with Crippen molar-refractivity contribution in [2.24, 2.45) is 5.92 Å². The molecule has 1 aliphatic rings. The van der Waals surface area contributed by atoms with Crippen molar-refractivity contribution in [3.05, 3.63) is 60.2 Å². The molecule has 1 amide bonds. The van der Waals surface area contributed by atoms with Crippen LogP contribution < -0.4 is 16.0 Å². The molecular weight excluding hydrogens is 364 g/mol. The van der Waals surface area contributed by atoms with Crippen LogP contribution in [0.15, 0.2) is 48.8 Å². The molecule has 150 valence electrons. The molecule has 7 nitrogen and oxygen atoms in total. The number of hydrogen-bond donors (Lipinski definition) is 3. The maximum absolute atomic E-state index is 12.5. The Hall–Kier alpha value is -3.35. The van der Waals surface area contributed by atoms with Crippen LogP contribution in [0.4, 0.5) is 17.3 Å². The average molecular weight is 390 g/mol. The highest BCUT2D eigenvalue weighted by molar-refractivity contribution is 6.05. The SMILES string of the molecule is Cc1nc(NC(C)c2cccc(-n3cccc3)c2)c2c(n1)NC(C(C)C)C(=O)N2. The zero-order valence-electron chi connectivity index (χ0n) is 17.1. The van der Waals surface area contributed by atoms with Crippen LogP contribution in [0.5, 0.6) is 0 Å². The summed E-state index contributed by atoms with van der Waals surface area (Å²) in [6.07, 6.45) is 4.04. The van der Waals surface area contributed by atoms with Crippen LogP contribution in [-0.4, -0.2) is 26.5 Å². The summed E-state index contributed by atoms with van der Waals surface area (Å²) in [6.45, 7) is 7.95. The number of benzene rings is 1. The van der Waals surface area contributed by atoms with E-state index in [1.165, 1.54) is 0 Å². The summed E-state index contributed by atoms with van der Waals surface area (Å²) in [7, 11) is 0. The van der Waals surface area contributed by atoms with Gasteiger partial charge < -0.3 is 20.5 Å². The highest BCUT2D eigenvalue weighted by Crippen LogP contribution is 2.34. The summed E-state index contributed by atoms with van der Waals surface area (Å²) in [5.74, 6) is 2.02. The lowest BCUT2D eigenvalue weighted by Crippen LogP contribution is -2.43. The van der Waals surface area contributed by atoms with Crippen molar-refractivity contribution in [2.45, 2.75) is 39.8 Å². The first-order chi connectivity index (χ1) is 13.9. The Morgan fingerprint density at radius 3 is 2.59 bits per heavy atom. The zero-order valence-corrected chi connectivity index (χ0v) is 17.1. The van der Waals surface area contributed by atoms with Crippen molar-refractivity contribution in [1.29, 1.82) is 0 Å². The minimum absolute atomic E-state index is 0.0105. The van der Waals surface area contributed by atoms with Crippen LogP contribution in [0.25, 0.3) is 5.69 Å². The van der Waals surface area contributed by atoms with E-state index in [1.807, 2.05) is 51.4 Å². The van der Waals surface area contributed by atoms with E-state index in [4.69, 9.17) is 0 Å². The largest absolute Gasteiger partial charge is 0.362 e. The fourth-order valence-electron chi connectivity index (χ4n) is 3.53. The van der Waals surface area contributed by atoms with E-state index in [9.17, 15) is 4.79 Å². The van der Waals surface area contributed by atoms with Crippen molar-refractivity contribution in [3.63, 3.8) is 0 Å². The quantitative estimate of drug-likeness (QED) is 0.610. The third-order valence-electron chi connectivity index (χ3n) is 5.14. The molecule has 1 aromatic carbocycles. The van der Waals surface area contributed by atoms with E-state index in [1.54, 1.807) is 0 Å². The van der Waals surface area contributed by atoms with Gasteiger partial charge in [-0.1, -0.05) is 26.0 Å². The van der Waals surface area contributed by atoms with Crippen LogP contribution >= 0.6 is 0 Å². The molecule has 2 aromatic heterocycles. The Labute approximate surface area is 170 Å². The molecule has 0 fully saturated rings. The predicted molar refractivity (Wildman–Crippen MR) is 115 cm³/mol. The molecule has 7 heteroatoms. The summed E-state index contributed by atoms with van der Waals surface area (Å²) < 4.78 is 2.07. The molecule has 2 unspecified atom stereocenters. The van der Waals surface area contributed by atoms with Crippen LogP contribution in [0, 0.1) is 12.8 Å². The zero-order chi connectivity index (χ0) is 20.5. The van der Waals surface area contributed by atoms with E-state index in [2.05, 4.69) is 55.6 Å². The Balaban J connectivity index is 1.62. The fraction of sp³-hybridized carbons (Fsp3) is 0.318. The smallest absolute Gasteiger partial charge is 0.247 e. The molecule has 0 radical (unpaired) electrons. The molecule has 0 saturated heterocycles. The van der Waals surface area contributed by atoms with E-state index in [0.29, 0.717) is 23.1 Å². The summed E-state index contributed by atoms with van der Waals surface area (Å²) >= 11 is 0. The van der Waals surface area contributed by atoms with Gasteiger partial charge in [-0.3, -0.25) is 4.79 Å². The third kappa shape index (κ3) is 3.81. The van der Waals surface area contributed by atoms with Gasteiger partial charge in [-0.05, 0) is 49.6 Å². The normalized spacial score (nSPS) is 16.7. The Morgan fingerprint density at radius 1 is 1.10 bits per heavy atom. The molecule has 29 heavy (non-hydrogen) atoms. The Bertz CT molecular complexity index is 1030. The number of carbonyl (C=O) groups is 1. The second kappa shape index (κ2) is 7.58. The maximum atomic E-state index is 12.5. The number of anilines is 3. The number of aryl methyl sites for hydroxylation is 1. The van der Waals surface area contributed by atoms with Gasteiger partial charge in [0, 0.05) is 18.1 Å². The standard InChI is InChI=1S/C22H26N6O/c1-13(2)18-22(29)27-19-20(24-15(4)25-21(19)26-18)23-14(3)16-8-7-9-17(12-16)28-10-5-6-11-28/h5-14,18H,1-4H3,(H,27,29)(H2,23,24,25,26). The molecule has 0 spiro atoms. The molecule has 3 N–H and O–H groups in total. The molecule has 0 bridgehead atoms. The van der Waals surface area contributed by atoms with Crippen molar-refractivity contribution < 1.29 is 4.79 Å². The number of nitrogens with one attached hydrogen (secondary N) is 3. The monoisotopic (exact) mass is 390 g/mol. The minimum Gasteiger partial charge on any atom is -0.362 e. The van der Waals surface area contributed by atoms with Crippen LogP contribution in [0.3, 0.4) is 0 Å². The van der Waals surface area contributed by atoms with E-state index in [0.717, 1.165) is 11.3 Å². The Morgan fingerprint density at radius 2 is 1.86 bits per heavy atom. The highest BCUT2D eigenvalue weighted by atomic mass is 16.2. The van der Waals surface area contributed by atoms with Gasteiger partial charge in [-0.15, -0.1) is 0 Å². The lowest BCUT2D eigenvalue weighted by Gasteiger charge is -2.30. The molecule has 3 heterocycles. The van der Waals surface area contributed by atoms with Crippen molar-refractivity contribution in [2.75, 3.05) is 16.0 Å². The predicted octanol–water partition coefficient (Wildman–Crippen LogP) is 4.14. The van der Waals surface area contributed by atoms with Gasteiger partial charge in [0.2, 0.25) is 5.91 Å². The first-order valence-corrected chi connectivity index (χ1v) is 9.88. The lowest BCUT2D eigenvalue weighted by atomic mass is 10.0. The van der Waals surface area contributed by atoms with Crippen molar-refractivity contribution in [3.8, 4) is 5.69 Å². The summed E-state index contributed by atoms with van der Waals surface area (Å²) in [5, 5.41) is 9.70. The maximum Gasteiger partial charge on any atom is 0.247 e. The van der Waals surface area contributed by atoms with Crippen molar-refractivity contribution in [1.82, 2.24) is 14.5 Å². The van der Waals surface area contributed by atoms with Crippen LogP contribution in [0.2, 0.25) is 0 Å². The minimum atomic E-state index is -0.305. The topological polar surface area (TPSA) is 83.9 Å². The van der Waals surface area contributed by atoms with E-state index < -0.39 is 0 Å². The van der Waals surface area contributed by atoms with Gasteiger partial charge >= 0.3 is 0 Å². The highest BCUT2D eigenvalue weighted by Gasteiger charge is 2.31. The first-order valence-electron chi connectivity index (χ1n) is 9.88. The summed E-state index contributed by atoms with van der Waals surface area (Å²) in [5.41, 5.74) is 2.82. The summed E-state index contributed by atoms with van der Waals surface area (Å²) in [6, 6.07) is 12.0. The van der Waals surface area contributed by atoms with Crippen molar-refractivity contribution >= 4 is 23.2 Å². The second-order valence-electron chi connectivity index (χ2n) is 7.75. The van der Waals surface area contributed by atoms with Gasteiger partial charge in [0.1, 0.15) is 17.6 Å². The van der Waals surface area contributed by atoms with Crippen LogP contribution in [-0.2, 0) is 4.79 Å². The molecule has 0 aliphatic carbocycles. The molecule has 4 rings (SSSR count). The molecule has 0 saturated carbocycles. The Kier molecular flexibility index (Phi) is 4.96. The van der Waals surface area contributed by atoms with Gasteiger partial charge in [-0.2, -0.15) is 0 Å². The molecule has 3 aromatic rings. The number of carbonyl (C=O) groups excluding carboxylic acids is 1. The second-order valence-corrected chi connectivity index (χ2v) is 7.75. The fourth-order valence-corrected chi connectivity index (χ4v) is 3.53. The van der Waals surface area contributed by atoms with Crippen LogP contribution in [0.1, 0.15) is 38.2 Å². The number of fused-ring (bicyclic) bond motifs is 1. The number of aromatic nitrogens is 3. The van der Waals surface area contributed by atoms with Gasteiger partial charge in [0.25, 0.3) is 0 Å². The van der Waals surface area contributed by atoms with Gasteiger partial charge in [-0.25, -0.2) is 9.97 Å². The van der Waals surface area contributed by atoms with Gasteiger partial charge in [0.15, 0.2) is 11.6 Å². The number of nitrogens with zero attached hydrogens (tertiary/aromatic N) is 3. The van der Waals surface area contributed by atoms with Gasteiger partial charge in [0.05, 0.1) is 6.04 Å². The third-order valence-corrected chi connectivity index (χ3v) is 5.14.